The summed E-state index contributed by atoms with van der Waals surface area (Å²) in [6.07, 6.45) is 1.62. The highest BCUT2D eigenvalue weighted by molar-refractivity contribution is 9.10. The summed E-state index contributed by atoms with van der Waals surface area (Å²) in [5.74, 6) is -1.06. The molecule has 0 fully saturated rings. The molecule has 0 aromatic heterocycles. The summed E-state index contributed by atoms with van der Waals surface area (Å²) in [6, 6.07) is 2.01. The van der Waals surface area contributed by atoms with Crippen LogP contribution in [0.2, 0.25) is 0 Å². The molecule has 0 aliphatic carbocycles. The van der Waals surface area contributed by atoms with Crippen molar-refractivity contribution in [2.24, 2.45) is 11.7 Å². The lowest BCUT2D eigenvalue weighted by molar-refractivity contribution is 0.380. The molecule has 1 aromatic rings. The van der Waals surface area contributed by atoms with Crippen LogP contribution in [0.5, 0.6) is 0 Å². The van der Waals surface area contributed by atoms with E-state index in [0.29, 0.717) is 0 Å². The fourth-order valence-electron chi connectivity index (χ4n) is 1.88. The highest BCUT2D eigenvalue weighted by atomic mass is 79.9. The van der Waals surface area contributed by atoms with E-state index in [1.54, 1.807) is 0 Å². The number of rotatable bonds is 4. The minimum Gasteiger partial charge on any atom is -0.324 e. The Morgan fingerprint density at radius 1 is 1.25 bits per heavy atom. The Morgan fingerprint density at radius 2 is 1.81 bits per heavy atom. The van der Waals surface area contributed by atoms with Crippen LogP contribution in [0.25, 0.3) is 0 Å². The molecule has 0 saturated carbocycles. The van der Waals surface area contributed by atoms with Crippen molar-refractivity contribution < 1.29 is 8.78 Å². The SMILES string of the molecule is CCC(CC)C(N)c1c(F)ccc(Br)c1F. The largest absolute Gasteiger partial charge is 0.324 e. The predicted molar refractivity (Wildman–Crippen MR) is 65.1 cm³/mol. The summed E-state index contributed by atoms with van der Waals surface area (Å²) in [7, 11) is 0. The third-order valence-electron chi connectivity index (χ3n) is 2.97. The number of nitrogens with two attached hydrogens (primary N) is 1. The first-order valence-corrected chi connectivity index (χ1v) is 6.21. The van der Waals surface area contributed by atoms with Crippen molar-refractivity contribution in [3.8, 4) is 0 Å². The molecule has 0 spiro atoms. The zero-order valence-corrected chi connectivity index (χ0v) is 11.0. The van der Waals surface area contributed by atoms with Crippen LogP contribution in [0.1, 0.15) is 38.3 Å². The van der Waals surface area contributed by atoms with E-state index in [4.69, 9.17) is 5.73 Å². The molecule has 1 atom stereocenters. The van der Waals surface area contributed by atoms with Gasteiger partial charge in [-0.25, -0.2) is 8.78 Å². The first-order valence-electron chi connectivity index (χ1n) is 5.41. The molecular weight excluding hydrogens is 276 g/mol. The van der Waals surface area contributed by atoms with E-state index >= 15 is 0 Å². The topological polar surface area (TPSA) is 26.0 Å². The third kappa shape index (κ3) is 2.61. The van der Waals surface area contributed by atoms with Crippen molar-refractivity contribution in [2.75, 3.05) is 0 Å². The van der Waals surface area contributed by atoms with Gasteiger partial charge in [0.25, 0.3) is 0 Å². The van der Waals surface area contributed by atoms with Gasteiger partial charge < -0.3 is 5.73 Å². The molecule has 16 heavy (non-hydrogen) atoms. The van der Waals surface area contributed by atoms with Gasteiger partial charge in [-0.3, -0.25) is 0 Å². The molecule has 1 rings (SSSR count). The number of hydrogen-bond acceptors (Lipinski definition) is 1. The van der Waals surface area contributed by atoms with Gasteiger partial charge in [-0.2, -0.15) is 0 Å². The summed E-state index contributed by atoms with van der Waals surface area (Å²) in [5, 5.41) is 0. The Labute approximate surface area is 103 Å². The maximum Gasteiger partial charge on any atom is 0.145 e. The van der Waals surface area contributed by atoms with E-state index < -0.39 is 17.7 Å². The summed E-state index contributed by atoms with van der Waals surface area (Å²) >= 11 is 3.04. The van der Waals surface area contributed by atoms with Crippen molar-refractivity contribution in [3.63, 3.8) is 0 Å². The molecule has 4 heteroatoms. The van der Waals surface area contributed by atoms with Crippen molar-refractivity contribution in [1.29, 1.82) is 0 Å². The average Bonchev–Trinajstić information content (AvgIpc) is 2.26. The molecule has 0 saturated heterocycles. The van der Waals surface area contributed by atoms with E-state index in [1.807, 2.05) is 13.8 Å². The number of benzene rings is 1. The Kier molecular flexibility index (Phi) is 4.87. The van der Waals surface area contributed by atoms with Crippen LogP contribution >= 0.6 is 15.9 Å². The summed E-state index contributed by atoms with van der Waals surface area (Å²) in [4.78, 5) is 0. The van der Waals surface area contributed by atoms with Gasteiger partial charge in [-0.1, -0.05) is 26.7 Å². The molecule has 0 aliphatic heterocycles. The van der Waals surface area contributed by atoms with Gasteiger partial charge >= 0.3 is 0 Å². The first kappa shape index (κ1) is 13.6. The van der Waals surface area contributed by atoms with Gasteiger partial charge in [-0.15, -0.1) is 0 Å². The van der Waals surface area contributed by atoms with Crippen LogP contribution in [0, 0.1) is 17.6 Å². The molecule has 1 nitrogen and oxygen atoms in total. The Bertz CT molecular complexity index is 364. The zero-order chi connectivity index (χ0) is 12.3. The predicted octanol–water partition coefficient (Wildman–Crippen LogP) is 4.16. The van der Waals surface area contributed by atoms with Crippen LogP contribution in [0.4, 0.5) is 8.78 Å². The lowest BCUT2D eigenvalue weighted by atomic mass is 9.89. The minimum absolute atomic E-state index is 0.0110. The minimum atomic E-state index is -0.590. The van der Waals surface area contributed by atoms with Gasteiger partial charge in [0.2, 0.25) is 0 Å². The number of hydrogen-bond donors (Lipinski definition) is 1. The molecular formula is C12H16BrF2N. The number of halogens is 3. The molecule has 0 aliphatic rings. The lowest BCUT2D eigenvalue weighted by Crippen LogP contribution is -2.23. The maximum absolute atomic E-state index is 13.8. The molecule has 1 unspecified atom stereocenters. The second kappa shape index (κ2) is 5.73. The first-order chi connectivity index (χ1) is 7.52. The fourth-order valence-corrected chi connectivity index (χ4v) is 2.23. The van der Waals surface area contributed by atoms with E-state index in [-0.39, 0.29) is 16.0 Å². The summed E-state index contributed by atoms with van der Waals surface area (Å²) < 4.78 is 27.6. The second-order valence-electron chi connectivity index (χ2n) is 3.86. The van der Waals surface area contributed by atoms with E-state index in [9.17, 15) is 8.78 Å². The van der Waals surface area contributed by atoms with E-state index in [2.05, 4.69) is 15.9 Å². The molecule has 1 aromatic carbocycles. The summed E-state index contributed by atoms with van der Waals surface area (Å²) in [6.45, 7) is 3.95. The monoisotopic (exact) mass is 291 g/mol. The van der Waals surface area contributed by atoms with Crippen molar-refractivity contribution in [1.82, 2.24) is 0 Å². The fraction of sp³-hybridized carbons (Fsp3) is 0.500. The second-order valence-corrected chi connectivity index (χ2v) is 4.71. The highest BCUT2D eigenvalue weighted by Gasteiger charge is 2.24. The normalized spacial score (nSPS) is 13.2. The molecule has 0 heterocycles. The Hall–Kier alpha value is -0.480. The van der Waals surface area contributed by atoms with Crippen LogP contribution in [-0.2, 0) is 0 Å². The molecule has 0 bridgehead atoms. The van der Waals surface area contributed by atoms with Crippen LogP contribution < -0.4 is 5.73 Å². The highest BCUT2D eigenvalue weighted by Crippen LogP contribution is 2.31. The smallest absolute Gasteiger partial charge is 0.145 e. The van der Waals surface area contributed by atoms with E-state index in [1.165, 1.54) is 12.1 Å². The van der Waals surface area contributed by atoms with Crippen molar-refractivity contribution in [2.45, 2.75) is 32.7 Å². The van der Waals surface area contributed by atoms with E-state index in [0.717, 1.165) is 12.8 Å². The quantitative estimate of drug-likeness (QED) is 0.828. The maximum atomic E-state index is 13.8. The lowest BCUT2D eigenvalue weighted by Gasteiger charge is -2.22. The third-order valence-corrected chi connectivity index (χ3v) is 3.58. The van der Waals surface area contributed by atoms with Gasteiger partial charge in [0.05, 0.1) is 4.47 Å². The van der Waals surface area contributed by atoms with Crippen LogP contribution in [0.3, 0.4) is 0 Å². The van der Waals surface area contributed by atoms with Gasteiger partial charge in [0, 0.05) is 11.6 Å². The molecule has 0 amide bonds. The average molecular weight is 292 g/mol. The Morgan fingerprint density at radius 3 is 2.31 bits per heavy atom. The summed E-state index contributed by atoms with van der Waals surface area (Å²) in [5.41, 5.74) is 5.92. The van der Waals surface area contributed by atoms with Gasteiger partial charge in [0.15, 0.2) is 0 Å². The zero-order valence-electron chi connectivity index (χ0n) is 9.43. The van der Waals surface area contributed by atoms with Crippen LogP contribution in [-0.4, -0.2) is 0 Å². The standard InChI is InChI=1S/C12H16BrF2N/c1-3-7(4-2)12(16)10-9(14)6-5-8(13)11(10)15/h5-7,12H,3-4,16H2,1-2H3. The van der Waals surface area contributed by atoms with Gasteiger partial charge in [0.1, 0.15) is 11.6 Å². The molecule has 2 N–H and O–H groups in total. The van der Waals surface area contributed by atoms with Crippen LogP contribution in [0.15, 0.2) is 16.6 Å². The van der Waals surface area contributed by atoms with Gasteiger partial charge in [-0.05, 0) is 34.0 Å². The van der Waals surface area contributed by atoms with Crippen molar-refractivity contribution >= 4 is 15.9 Å². The molecule has 0 radical (unpaired) electrons. The Balaban J connectivity index is 3.16. The molecule has 90 valence electrons. The van der Waals surface area contributed by atoms with Crippen molar-refractivity contribution in [3.05, 3.63) is 33.8 Å².